The maximum Gasteiger partial charge on any atom is 0.138 e. The van der Waals surface area contributed by atoms with Crippen molar-refractivity contribution < 1.29 is 0 Å². The van der Waals surface area contributed by atoms with Gasteiger partial charge in [-0.05, 0) is 37.0 Å². The van der Waals surface area contributed by atoms with Crippen LogP contribution in [0.4, 0.5) is 0 Å². The Labute approximate surface area is 110 Å². The van der Waals surface area contributed by atoms with Crippen LogP contribution in [0.25, 0.3) is 0 Å². The fourth-order valence-electron chi connectivity index (χ4n) is 2.93. The number of hydrogen-bond acceptors (Lipinski definition) is 3. The summed E-state index contributed by atoms with van der Waals surface area (Å²) in [4.78, 5) is 4.15. The number of rotatable bonds is 3. The second-order valence-corrected chi connectivity index (χ2v) is 6.58. The molecule has 2 unspecified atom stereocenters. The van der Waals surface area contributed by atoms with Crippen LogP contribution in [0.5, 0.6) is 0 Å². The third kappa shape index (κ3) is 3.80. The molecule has 0 spiro atoms. The Bertz CT molecular complexity index is 339. The lowest BCUT2D eigenvalue weighted by atomic mass is 9.76. The first-order valence-electron chi connectivity index (χ1n) is 7.13. The van der Waals surface area contributed by atoms with Crippen molar-refractivity contribution in [2.24, 2.45) is 11.3 Å². The Balaban J connectivity index is 1.78. The van der Waals surface area contributed by atoms with E-state index in [-0.39, 0.29) is 0 Å². The highest BCUT2D eigenvalue weighted by molar-refractivity contribution is 4.84. The van der Waals surface area contributed by atoms with E-state index < -0.39 is 0 Å². The summed E-state index contributed by atoms with van der Waals surface area (Å²) in [5.74, 6) is 1.81. The number of H-pyrrole nitrogens is 1. The summed E-state index contributed by atoms with van der Waals surface area (Å²) < 4.78 is 0. The summed E-state index contributed by atoms with van der Waals surface area (Å²) in [5, 5.41) is 10.4. The van der Waals surface area contributed by atoms with Crippen LogP contribution in [0.2, 0.25) is 0 Å². The maximum absolute atomic E-state index is 4.15. The fraction of sp³-hybridized carbons (Fsp3) is 0.857. The molecule has 2 rings (SSSR count). The van der Waals surface area contributed by atoms with Gasteiger partial charge in [0.25, 0.3) is 0 Å². The van der Waals surface area contributed by atoms with E-state index in [9.17, 15) is 0 Å². The largest absolute Gasteiger partial charge is 0.307 e. The van der Waals surface area contributed by atoms with Gasteiger partial charge < -0.3 is 5.32 Å². The van der Waals surface area contributed by atoms with Gasteiger partial charge in [-0.2, -0.15) is 5.10 Å². The lowest BCUT2D eigenvalue weighted by Crippen LogP contribution is -2.28. The van der Waals surface area contributed by atoms with E-state index in [1.54, 1.807) is 6.33 Å². The van der Waals surface area contributed by atoms with Crippen molar-refractivity contribution in [3.05, 3.63) is 12.2 Å². The smallest absolute Gasteiger partial charge is 0.138 e. The average Bonchev–Trinajstić information content (AvgIpc) is 2.69. The molecule has 0 radical (unpaired) electrons. The lowest BCUT2D eigenvalue weighted by Gasteiger charge is -2.29. The van der Waals surface area contributed by atoms with Crippen molar-refractivity contribution in [1.29, 1.82) is 0 Å². The van der Waals surface area contributed by atoms with E-state index in [4.69, 9.17) is 0 Å². The van der Waals surface area contributed by atoms with Gasteiger partial charge in [-0.15, -0.1) is 0 Å². The molecular formula is C14H26N4. The van der Waals surface area contributed by atoms with Crippen molar-refractivity contribution in [2.45, 2.75) is 65.5 Å². The summed E-state index contributed by atoms with van der Waals surface area (Å²) >= 11 is 0. The average molecular weight is 250 g/mol. The number of aromatic amines is 1. The molecule has 102 valence electrons. The molecule has 18 heavy (non-hydrogen) atoms. The van der Waals surface area contributed by atoms with Crippen LogP contribution in [0.1, 0.15) is 58.7 Å². The van der Waals surface area contributed by atoms with Gasteiger partial charge in [0.15, 0.2) is 0 Å². The van der Waals surface area contributed by atoms with Gasteiger partial charge in [0.2, 0.25) is 0 Å². The van der Waals surface area contributed by atoms with Crippen molar-refractivity contribution in [1.82, 2.24) is 20.5 Å². The highest BCUT2D eigenvalue weighted by atomic mass is 15.2. The van der Waals surface area contributed by atoms with Gasteiger partial charge >= 0.3 is 0 Å². The molecule has 4 nitrogen and oxygen atoms in total. The van der Waals surface area contributed by atoms with Crippen LogP contribution >= 0.6 is 0 Å². The molecule has 0 aliphatic heterocycles. The van der Waals surface area contributed by atoms with Crippen LogP contribution in [-0.2, 0) is 6.54 Å². The Morgan fingerprint density at radius 2 is 2.11 bits per heavy atom. The molecule has 1 aliphatic carbocycles. The lowest BCUT2D eigenvalue weighted by molar-refractivity contribution is 0.213. The molecule has 0 saturated heterocycles. The predicted molar refractivity (Wildman–Crippen MR) is 73.0 cm³/mol. The molecule has 0 aromatic carbocycles. The Morgan fingerprint density at radius 3 is 2.78 bits per heavy atom. The first-order chi connectivity index (χ1) is 8.55. The van der Waals surface area contributed by atoms with E-state index >= 15 is 0 Å². The molecule has 0 bridgehead atoms. The van der Waals surface area contributed by atoms with Crippen LogP contribution < -0.4 is 5.32 Å². The molecule has 1 saturated carbocycles. The number of nitrogens with zero attached hydrogens (tertiary/aromatic N) is 2. The van der Waals surface area contributed by atoms with E-state index in [1.165, 1.54) is 32.1 Å². The van der Waals surface area contributed by atoms with Gasteiger partial charge in [0.1, 0.15) is 12.2 Å². The minimum absolute atomic E-state index is 0.458. The summed E-state index contributed by atoms with van der Waals surface area (Å²) in [7, 11) is 0. The molecule has 0 amide bonds. The summed E-state index contributed by atoms with van der Waals surface area (Å²) in [5.41, 5.74) is 0.458. The third-order valence-corrected chi connectivity index (χ3v) is 4.22. The molecule has 1 heterocycles. The molecule has 1 aromatic heterocycles. The van der Waals surface area contributed by atoms with Gasteiger partial charge in [0.05, 0.1) is 6.54 Å². The van der Waals surface area contributed by atoms with Gasteiger partial charge in [-0.3, -0.25) is 5.10 Å². The third-order valence-electron chi connectivity index (χ3n) is 4.22. The molecule has 1 fully saturated rings. The standard InChI is InChI=1S/C14H26N4/c1-14(2,3)11-5-4-6-12(8-7-11)15-9-13-16-10-17-18-13/h10-12,15H,4-9H2,1-3H3,(H,16,17,18). The quantitative estimate of drug-likeness (QED) is 0.811. The zero-order chi connectivity index (χ0) is 13.0. The van der Waals surface area contributed by atoms with Crippen molar-refractivity contribution in [3.63, 3.8) is 0 Å². The van der Waals surface area contributed by atoms with Gasteiger partial charge in [-0.1, -0.05) is 27.2 Å². The van der Waals surface area contributed by atoms with Crippen molar-refractivity contribution in [3.8, 4) is 0 Å². The van der Waals surface area contributed by atoms with E-state index in [0.29, 0.717) is 11.5 Å². The monoisotopic (exact) mass is 250 g/mol. The topological polar surface area (TPSA) is 53.6 Å². The predicted octanol–water partition coefficient (Wildman–Crippen LogP) is 2.89. The van der Waals surface area contributed by atoms with Crippen LogP contribution in [-0.4, -0.2) is 21.2 Å². The zero-order valence-corrected chi connectivity index (χ0v) is 11.9. The number of hydrogen-bond donors (Lipinski definition) is 2. The molecule has 1 aromatic rings. The SMILES string of the molecule is CC(C)(C)C1CCCC(NCc2ncn[nH]2)CC1. The van der Waals surface area contributed by atoms with Crippen molar-refractivity contribution >= 4 is 0 Å². The van der Waals surface area contributed by atoms with Crippen LogP contribution in [0, 0.1) is 11.3 Å². The minimum Gasteiger partial charge on any atom is -0.307 e. The van der Waals surface area contributed by atoms with E-state index in [0.717, 1.165) is 18.3 Å². The first-order valence-corrected chi connectivity index (χ1v) is 7.13. The summed E-state index contributed by atoms with van der Waals surface area (Å²) in [6.45, 7) is 7.94. The van der Waals surface area contributed by atoms with E-state index in [2.05, 4.69) is 41.3 Å². The van der Waals surface area contributed by atoms with Gasteiger partial charge in [0, 0.05) is 6.04 Å². The molecular weight excluding hydrogens is 224 g/mol. The first kappa shape index (κ1) is 13.5. The Morgan fingerprint density at radius 1 is 1.28 bits per heavy atom. The summed E-state index contributed by atoms with van der Waals surface area (Å²) in [6.07, 6.45) is 8.22. The minimum atomic E-state index is 0.458. The van der Waals surface area contributed by atoms with Crippen LogP contribution in [0.15, 0.2) is 6.33 Å². The highest BCUT2D eigenvalue weighted by Crippen LogP contribution is 2.36. The Hall–Kier alpha value is -0.900. The summed E-state index contributed by atoms with van der Waals surface area (Å²) in [6, 6.07) is 0.641. The van der Waals surface area contributed by atoms with Crippen molar-refractivity contribution in [2.75, 3.05) is 0 Å². The molecule has 1 aliphatic rings. The zero-order valence-electron chi connectivity index (χ0n) is 11.9. The van der Waals surface area contributed by atoms with E-state index in [1.807, 2.05) is 0 Å². The van der Waals surface area contributed by atoms with Gasteiger partial charge in [-0.25, -0.2) is 4.98 Å². The normalized spacial score (nSPS) is 25.9. The maximum atomic E-state index is 4.15. The molecule has 2 atom stereocenters. The molecule has 4 heteroatoms. The number of nitrogens with one attached hydrogen (secondary N) is 2. The Kier molecular flexibility index (Phi) is 4.38. The fourth-order valence-corrected chi connectivity index (χ4v) is 2.93. The van der Waals surface area contributed by atoms with Crippen LogP contribution in [0.3, 0.4) is 0 Å². The molecule has 2 N–H and O–H groups in total. The number of aromatic nitrogens is 3. The highest BCUT2D eigenvalue weighted by Gasteiger charge is 2.27. The second kappa shape index (κ2) is 5.83. The second-order valence-electron chi connectivity index (χ2n) is 6.58.